The van der Waals surface area contributed by atoms with Crippen molar-refractivity contribution in [2.45, 2.75) is 283 Å². The summed E-state index contributed by atoms with van der Waals surface area (Å²) < 4.78 is 23.8. The second-order valence-corrected chi connectivity index (χ2v) is 24.6. The normalized spacial score (nSPS) is 14.5. The van der Waals surface area contributed by atoms with Gasteiger partial charge < -0.3 is 19.8 Å². The number of rotatable bonds is 59. The molecule has 0 heterocycles. The van der Waals surface area contributed by atoms with Crippen LogP contribution in [0.2, 0.25) is 0 Å². The Morgan fingerprint density at radius 3 is 1.15 bits per heavy atom. The van der Waals surface area contributed by atoms with E-state index >= 15 is 0 Å². The minimum Gasteiger partial charge on any atom is -0.387 e. The number of aliphatic hydroxyl groups excluding tert-OH is 1. The van der Waals surface area contributed by atoms with Crippen LogP contribution in [0, 0.1) is 0 Å². The van der Waals surface area contributed by atoms with E-state index in [0.717, 1.165) is 96.3 Å². The van der Waals surface area contributed by atoms with Crippen molar-refractivity contribution in [2.75, 3.05) is 40.9 Å². The third-order valence-corrected chi connectivity index (χ3v) is 15.1. The second-order valence-electron chi connectivity index (χ2n) is 23.1. The highest BCUT2D eigenvalue weighted by molar-refractivity contribution is 7.47. The number of hydrogen-bond donors (Lipinski definition) is 3. The molecular formula is C71H126N2O6P+. The van der Waals surface area contributed by atoms with Crippen molar-refractivity contribution in [3.63, 3.8) is 0 Å². The third kappa shape index (κ3) is 62.5. The third-order valence-electron chi connectivity index (χ3n) is 14.2. The van der Waals surface area contributed by atoms with Gasteiger partial charge in [-0.25, -0.2) is 4.57 Å². The molecule has 80 heavy (non-hydrogen) atoms. The quantitative estimate of drug-likeness (QED) is 0.0243. The first-order valence-corrected chi connectivity index (χ1v) is 34.4. The number of nitrogens with one attached hydrogen (secondary N) is 1. The highest BCUT2D eigenvalue weighted by atomic mass is 31.2. The van der Waals surface area contributed by atoms with Crippen LogP contribution in [0.5, 0.6) is 0 Å². The topological polar surface area (TPSA) is 105 Å². The van der Waals surface area contributed by atoms with Crippen molar-refractivity contribution in [1.82, 2.24) is 5.32 Å². The molecule has 0 fully saturated rings. The first-order valence-electron chi connectivity index (χ1n) is 32.9. The Hall–Kier alpha value is -3.10. The maximum Gasteiger partial charge on any atom is 0.472 e. The van der Waals surface area contributed by atoms with Crippen molar-refractivity contribution in [3.8, 4) is 0 Å². The van der Waals surface area contributed by atoms with Gasteiger partial charge in [-0.15, -0.1) is 0 Å². The molecule has 0 saturated heterocycles. The molecule has 0 aliphatic heterocycles. The van der Waals surface area contributed by atoms with Crippen molar-refractivity contribution in [3.05, 3.63) is 122 Å². The van der Waals surface area contributed by atoms with Crippen LogP contribution in [0.25, 0.3) is 0 Å². The average molecular weight is 1130 g/mol. The Bertz CT molecular complexity index is 1720. The molecule has 8 nitrogen and oxygen atoms in total. The maximum absolute atomic E-state index is 13.0. The molecule has 1 amide bonds. The van der Waals surface area contributed by atoms with E-state index in [4.69, 9.17) is 9.05 Å². The monoisotopic (exact) mass is 1130 g/mol. The van der Waals surface area contributed by atoms with Crippen molar-refractivity contribution < 1.29 is 32.9 Å². The Labute approximate surface area is 494 Å². The summed E-state index contributed by atoms with van der Waals surface area (Å²) in [6.45, 7) is 4.69. The fraction of sp³-hybridized carbons (Fsp3) is 0.704. The Morgan fingerprint density at radius 2 is 0.762 bits per heavy atom. The maximum atomic E-state index is 13.0. The Morgan fingerprint density at radius 1 is 0.438 bits per heavy atom. The van der Waals surface area contributed by atoms with E-state index < -0.39 is 20.0 Å². The SMILES string of the molecule is CC/C=C\C/C=C\C/C=C\C/C=C\C/C=C\C/C=C\C/C=C\C/C=C\CCCCCCCCCCCCC(=O)NC(COP(=O)(O)OCC[N+](C)(C)C)C(O)/C=C/CC/C=C/CCCCCCCCCCCCCCCCCCC. The fourth-order valence-corrected chi connectivity index (χ4v) is 9.81. The van der Waals surface area contributed by atoms with Gasteiger partial charge in [0.05, 0.1) is 39.9 Å². The van der Waals surface area contributed by atoms with Crippen LogP contribution >= 0.6 is 7.82 Å². The van der Waals surface area contributed by atoms with E-state index in [1.165, 1.54) is 154 Å². The highest BCUT2D eigenvalue weighted by Gasteiger charge is 2.27. The molecule has 3 unspecified atom stereocenters. The molecule has 0 bridgehead atoms. The number of hydrogen-bond acceptors (Lipinski definition) is 5. The summed E-state index contributed by atoms with van der Waals surface area (Å²) >= 11 is 0. The summed E-state index contributed by atoms with van der Waals surface area (Å²) in [6, 6.07) is -0.875. The Balaban J connectivity index is 4.19. The number of unbranched alkanes of at least 4 members (excludes halogenated alkanes) is 28. The summed E-state index contributed by atoms with van der Waals surface area (Å²) in [4.78, 5) is 23.4. The van der Waals surface area contributed by atoms with Gasteiger partial charge in [0.25, 0.3) is 0 Å². The van der Waals surface area contributed by atoms with E-state index in [-0.39, 0.29) is 19.1 Å². The summed E-state index contributed by atoms with van der Waals surface area (Å²) in [6.07, 6.45) is 90.4. The smallest absolute Gasteiger partial charge is 0.387 e. The fourth-order valence-electron chi connectivity index (χ4n) is 9.07. The molecule has 9 heteroatoms. The number of allylic oxidation sites excluding steroid dienone is 19. The van der Waals surface area contributed by atoms with Crippen LogP contribution in [0.4, 0.5) is 0 Å². The lowest BCUT2D eigenvalue weighted by atomic mass is 10.0. The summed E-state index contributed by atoms with van der Waals surface area (Å²) in [5.74, 6) is -0.194. The molecule has 0 aromatic rings. The Kier molecular flexibility index (Phi) is 58.1. The van der Waals surface area contributed by atoms with Crippen LogP contribution in [0.3, 0.4) is 0 Å². The first-order chi connectivity index (χ1) is 39.0. The zero-order valence-corrected chi connectivity index (χ0v) is 53.4. The number of nitrogens with zero attached hydrogens (tertiary/aromatic N) is 1. The van der Waals surface area contributed by atoms with Gasteiger partial charge >= 0.3 is 7.82 Å². The second kappa shape index (κ2) is 60.5. The number of phosphoric acid groups is 1. The van der Waals surface area contributed by atoms with E-state index in [1.54, 1.807) is 6.08 Å². The van der Waals surface area contributed by atoms with E-state index in [0.29, 0.717) is 17.4 Å². The van der Waals surface area contributed by atoms with Crippen LogP contribution in [-0.4, -0.2) is 73.4 Å². The van der Waals surface area contributed by atoms with Crippen molar-refractivity contribution in [2.24, 2.45) is 0 Å². The van der Waals surface area contributed by atoms with Gasteiger partial charge in [-0.3, -0.25) is 13.8 Å². The number of amides is 1. The lowest BCUT2D eigenvalue weighted by Crippen LogP contribution is -2.45. The van der Waals surface area contributed by atoms with Gasteiger partial charge in [-0.1, -0.05) is 289 Å². The zero-order valence-electron chi connectivity index (χ0n) is 52.5. The first kappa shape index (κ1) is 76.9. The zero-order chi connectivity index (χ0) is 58.4. The van der Waals surface area contributed by atoms with Crippen molar-refractivity contribution >= 4 is 13.7 Å². The molecule has 0 radical (unpaired) electrons. The predicted molar refractivity (Wildman–Crippen MR) is 350 cm³/mol. The van der Waals surface area contributed by atoms with Gasteiger partial charge in [0.1, 0.15) is 13.2 Å². The molecule has 0 rings (SSSR count). The number of likely N-dealkylation sites (N-methyl/N-ethyl adjacent to an activating group) is 1. The summed E-state index contributed by atoms with van der Waals surface area (Å²) in [5, 5.41) is 14.0. The van der Waals surface area contributed by atoms with Gasteiger partial charge in [-0.2, -0.15) is 0 Å². The van der Waals surface area contributed by atoms with Gasteiger partial charge in [0.2, 0.25) is 5.91 Å². The highest BCUT2D eigenvalue weighted by Crippen LogP contribution is 2.43. The largest absolute Gasteiger partial charge is 0.472 e. The van der Waals surface area contributed by atoms with Crippen molar-refractivity contribution in [1.29, 1.82) is 0 Å². The molecule has 0 aromatic heterocycles. The predicted octanol–water partition coefficient (Wildman–Crippen LogP) is 20.9. The molecule has 0 aromatic carbocycles. The van der Waals surface area contributed by atoms with Gasteiger partial charge in [0.15, 0.2) is 0 Å². The summed E-state index contributed by atoms with van der Waals surface area (Å²) in [5.41, 5.74) is 0. The van der Waals surface area contributed by atoms with Gasteiger partial charge in [-0.05, 0) is 96.3 Å². The van der Waals surface area contributed by atoms with E-state index in [1.807, 2.05) is 27.2 Å². The molecule has 0 aliphatic rings. The molecule has 3 atom stereocenters. The van der Waals surface area contributed by atoms with Crippen LogP contribution in [0.15, 0.2) is 122 Å². The van der Waals surface area contributed by atoms with Gasteiger partial charge in [0, 0.05) is 6.42 Å². The molecule has 0 spiro atoms. The molecular weight excluding hydrogens is 1010 g/mol. The van der Waals surface area contributed by atoms with E-state index in [2.05, 4.69) is 129 Å². The standard InChI is InChI=1S/C71H125N2O6P/c1-6-8-10-12-14-16-18-20-22-24-26-28-30-31-32-33-34-35-36-37-38-39-40-41-43-45-47-49-51-53-55-57-59-61-63-65-71(75)72-69(68-79-80(76,77)78-67-66-73(3,4)5)70(74)64-62-60-58-56-54-52-50-48-46-44-42-29-27-25-23-21-19-17-15-13-11-9-7-2/h8,10,14,16,20,22,26,28,31-32,34-35,37-38,40-41,54,56,62,64,69-70,74H,6-7,9,11-13,15,17-19,21,23-25,27,29-30,33,36,39,42-53,55,57-61,63,65-68H2,1-5H3,(H-,72,75,76,77)/p+1/b10-8-,16-14-,22-20-,28-26-,32-31-,35-34-,38-37-,41-40-,56-54+,64-62+. The number of quaternary nitrogens is 1. The molecule has 0 saturated carbocycles. The number of carbonyl (C=O) groups excluding carboxylic acids is 1. The molecule has 3 N–H and O–H groups in total. The summed E-state index contributed by atoms with van der Waals surface area (Å²) in [7, 11) is 1.54. The minimum atomic E-state index is -4.37. The van der Waals surface area contributed by atoms with Crippen LogP contribution < -0.4 is 5.32 Å². The molecule has 460 valence electrons. The lowest BCUT2D eigenvalue weighted by molar-refractivity contribution is -0.870. The average Bonchev–Trinajstić information content (AvgIpc) is 3.42. The van der Waals surface area contributed by atoms with Crippen LogP contribution in [0.1, 0.15) is 271 Å². The number of carbonyl (C=O) groups is 1. The number of phosphoric ester groups is 1. The van der Waals surface area contributed by atoms with Crippen LogP contribution in [-0.2, 0) is 18.4 Å². The molecule has 0 aliphatic carbocycles. The van der Waals surface area contributed by atoms with E-state index in [9.17, 15) is 19.4 Å². The number of aliphatic hydroxyl groups is 1. The lowest BCUT2D eigenvalue weighted by Gasteiger charge is -2.25. The minimum absolute atomic E-state index is 0.0500.